The highest BCUT2D eigenvalue weighted by atomic mass is 127. The van der Waals surface area contributed by atoms with Crippen molar-refractivity contribution in [2.24, 2.45) is 0 Å². The van der Waals surface area contributed by atoms with Crippen LogP contribution in [-0.4, -0.2) is 51.4 Å². The quantitative estimate of drug-likeness (QED) is 0.605. The molecule has 2 N–H and O–H groups in total. The van der Waals surface area contributed by atoms with Crippen molar-refractivity contribution in [3.8, 4) is 0 Å². The molecule has 0 unspecified atom stereocenters. The van der Waals surface area contributed by atoms with Gasteiger partial charge >= 0.3 is 0 Å². The topological polar surface area (TPSA) is 70.9 Å². The minimum absolute atomic E-state index is 0.0546. The Balaban J connectivity index is 1.53. The average Bonchev–Trinajstić information content (AvgIpc) is 2.64. The first-order valence-electron chi connectivity index (χ1n) is 8.80. The largest absolute Gasteiger partial charge is 0.325 e. The fourth-order valence-corrected chi connectivity index (χ4v) is 4.85. The lowest BCUT2D eigenvalue weighted by Gasteiger charge is -2.31. The number of hydrogen-bond acceptors (Lipinski definition) is 3. The second-order valence-electron chi connectivity index (χ2n) is 6.70. The van der Waals surface area contributed by atoms with E-state index in [-0.39, 0.29) is 5.91 Å². The molecule has 3 rings (SSSR count). The average molecular weight is 500 g/mol. The predicted molar refractivity (Wildman–Crippen MR) is 113 cm³/mol. The number of nitrogens with zero attached hydrogens (tertiary/aromatic N) is 1. The van der Waals surface area contributed by atoms with Crippen LogP contribution < -0.4 is 10.2 Å². The Hall–Kier alpha value is -1.49. The van der Waals surface area contributed by atoms with Crippen LogP contribution in [0.15, 0.2) is 53.4 Å². The Labute approximate surface area is 173 Å². The van der Waals surface area contributed by atoms with Crippen molar-refractivity contribution < 1.29 is 18.1 Å². The zero-order valence-electron chi connectivity index (χ0n) is 15.1. The highest BCUT2D eigenvalue weighted by Crippen LogP contribution is 2.16. The van der Waals surface area contributed by atoms with Gasteiger partial charge in [0, 0.05) is 9.26 Å². The van der Waals surface area contributed by atoms with E-state index in [0.29, 0.717) is 37.6 Å². The van der Waals surface area contributed by atoms with Crippen LogP contribution in [0.5, 0.6) is 0 Å². The van der Waals surface area contributed by atoms with E-state index in [1.807, 2.05) is 43.3 Å². The number of quaternary nitrogens is 1. The normalized spacial score (nSPS) is 16.2. The minimum Gasteiger partial charge on any atom is -0.325 e. The van der Waals surface area contributed by atoms with E-state index in [1.54, 1.807) is 12.1 Å². The van der Waals surface area contributed by atoms with Gasteiger partial charge in [0.1, 0.15) is 0 Å². The Morgan fingerprint density at radius 2 is 1.67 bits per heavy atom. The molecule has 0 aromatic heterocycles. The van der Waals surface area contributed by atoms with Gasteiger partial charge in [0.05, 0.1) is 31.1 Å². The number of sulfonamides is 1. The number of piperazine rings is 1. The van der Waals surface area contributed by atoms with Gasteiger partial charge in [-0.3, -0.25) is 4.79 Å². The first-order valence-corrected chi connectivity index (χ1v) is 11.3. The molecule has 0 bridgehead atoms. The maximum atomic E-state index is 12.7. The number of carbonyl (C=O) groups excluding carboxylic acids is 1. The number of nitrogens with one attached hydrogen (secondary N) is 2. The first kappa shape index (κ1) is 20.2. The number of halogens is 1. The summed E-state index contributed by atoms with van der Waals surface area (Å²) in [5.74, 6) is -0.0546. The maximum absolute atomic E-state index is 12.7. The highest BCUT2D eigenvalue weighted by Gasteiger charge is 2.31. The molecule has 0 atom stereocenters. The molecule has 1 aliphatic rings. The summed E-state index contributed by atoms with van der Waals surface area (Å²) < 4.78 is 28.1. The third-order valence-corrected chi connectivity index (χ3v) is 7.26. The van der Waals surface area contributed by atoms with Crippen LogP contribution in [-0.2, 0) is 14.8 Å². The molecular weight excluding hydrogens is 477 g/mol. The molecule has 1 heterocycles. The highest BCUT2D eigenvalue weighted by molar-refractivity contribution is 14.1. The number of carbonyl (C=O) groups is 1. The van der Waals surface area contributed by atoms with Gasteiger partial charge in [0.2, 0.25) is 10.0 Å². The van der Waals surface area contributed by atoms with Crippen molar-refractivity contribution >= 4 is 44.2 Å². The minimum atomic E-state index is -3.46. The molecule has 1 aliphatic heterocycles. The van der Waals surface area contributed by atoms with Crippen molar-refractivity contribution in [2.75, 3.05) is 38.0 Å². The predicted octanol–water partition coefficient (Wildman–Crippen LogP) is 1.13. The number of rotatable bonds is 5. The van der Waals surface area contributed by atoms with Crippen molar-refractivity contribution in [3.05, 3.63) is 57.7 Å². The monoisotopic (exact) mass is 500 g/mol. The molecule has 2 aromatic rings. The third kappa shape index (κ3) is 5.28. The molecule has 144 valence electrons. The van der Waals surface area contributed by atoms with Crippen LogP contribution in [0.1, 0.15) is 5.56 Å². The van der Waals surface area contributed by atoms with Gasteiger partial charge in [-0.25, -0.2) is 8.42 Å². The number of benzene rings is 2. The van der Waals surface area contributed by atoms with Crippen LogP contribution in [0.2, 0.25) is 0 Å². The van der Waals surface area contributed by atoms with E-state index >= 15 is 0 Å². The van der Waals surface area contributed by atoms with E-state index in [9.17, 15) is 13.2 Å². The van der Waals surface area contributed by atoms with E-state index in [2.05, 4.69) is 27.9 Å². The van der Waals surface area contributed by atoms with E-state index in [0.717, 1.165) is 19.7 Å². The Bertz CT molecular complexity index is 891. The Morgan fingerprint density at radius 3 is 2.26 bits per heavy atom. The Kier molecular flexibility index (Phi) is 6.51. The molecule has 1 amide bonds. The molecule has 0 aliphatic carbocycles. The third-order valence-electron chi connectivity index (χ3n) is 4.63. The number of aryl methyl sites for hydroxylation is 1. The summed E-state index contributed by atoms with van der Waals surface area (Å²) >= 11 is 2.22. The van der Waals surface area contributed by atoms with Crippen molar-refractivity contribution in [3.63, 3.8) is 0 Å². The molecule has 0 radical (unpaired) electrons. The summed E-state index contributed by atoms with van der Waals surface area (Å²) in [7, 11) is -3.46. The lowest BCUT2D eigenvalue weighted by molar-refractivity contribution is -0.895. The number of amides is 1. The standard InChI is InChI=1S/C19H22IN3O3S/c1-15-2-8-18(9-3-15)27(25,26)23-12-10-22(11-13-23)14-19(24)21-17-6-4-16(20)5-7-17/h2-9H,10-14H2,1H3,(H,21,24)/p+1. The summed E-state index contributed by atoms with van der Waals surface area (Å²) in [5.41, 5.74) is 1.81. The van der Waals surface area contributed by atoms with Crippen molar-refractivity contribution in [1.29, 1.82) is 0 Å². The van der Waals surface area contributed by atoms with Gasteiger partial charge in [-0.1, -0.05) is 17.7 Å². The van der Waals surface area contributed by atoms with Crippen LogP contribution in [0.25, 0.3) is 0 Å². The second kappa shape index (κ2) is 8.68. The molecule has 1 fully saturated rings. The zero-order valence-corrected chi connectivity index (χ0v) is 18.1. The van der Waals surface area contributed by atoms with Crippen molar-refractivity contribution in [1.82, 2.24) is 4.31 Å². The van der Waals surface area contributed by atoms with Gasteiger partial charge in [0.25, 0.3) is 5.91 Å². The first-order chi connectivity index (χ1) is 12.8. The second-order valence-corrected chi connectivity index (χ2v) is 9.88. The lowest BCUT2D eigenvalue weighted by atomic mass is 10.2. The molecule has 2 aromatic carbocycles. The lowest BCUT2D eigenvalue weighted by Crippen LogP contribution is -3.15. The summed E-state index contributed by atoms with van der Waals surface area (Å²) in [6.45, 7) is 4.34. The van der Waals surface area contributed by atoms with Gasteiger partial charge in [-0.15, -0.1) is 0 Å². The maximum Gasteiger partial charge on any atom is 0.279 e. The summed E-state index contributed by atoms with van der Waals surface area (Å²) in [6, 6.07) is 14.6. The fourth-order valence-electron chi connectivity index (χ4n) is 3.04. The molecule has 27 heavy (non-hydrogen) atoms. The molecular formula is C19H23IN3O3S+. The van der Waals surface area contributed by atoms with Crippen LogP contribution >= 0.6 is 22.6 Å². The van der Waals surface area contributed by atoms with Crippen molar-refractivity contribution in [2.45, 2.75) is 11.8 Å². The smallest absolute Gasteiger partial charge is 0.279 e. The van der Waals surface area contributed by atoms with E-state index in [4.69, 9.17) is 0 Å². The van der Waals surface area contributed by atoms with Gasteiger partial charge in [0.15, 0.2) is 6.54 Å². The van der Waals surface area contributed by atoms with Crippen LogP contribution in [0, 0.1) is 10.5 Å². The zero-order chi connectivity index (χ0) is 19.4. The van der Waals surface area contributed by atoms with E-state index < -0.39 is 10.0 Å². The number of anilines is 1. The van der Waals surface area contributed by atoms with Crippen LogP contribution in [0.4, 0.5) is 5.69 Å². The molecule has 1 saturated heterocycles. The SMILES string of the molecule is Cc1ccc(S(=O)(=O)N2CC[NH+](CC(=O)Nc3ccc(I)cc3)CC2)cc1. The number of hydrogen-bond donors (Lipinski definition) is 2. The summed E-state index contributed by atoms with van der Waals surface area (Å²) in [5, 5.41) is 2.89. The molecule has 6 nitrogen and oxygen atoms in total. The van der Waals surface area contributed by atoms with Gasteiger partial charge < -0.3 is 10.2 Å². The fraction of sp³-hybridized carbons (Fsp3) is 0.316. The summed E-state index contributed by atoms with van der Waals surface area (Å²) in [4.78, 5) is 13.6. The van der Waals surface area contributed by atoms with Gasteiger partial charge in [-0.2, -0.15) is 4.31 Å². The molecule has 0 saturated carbocycles. The molecule has 0 spiro atoms. The molecule has 8 heteroatoms. The van der Waals surface area contributed by atoms with E-state index in [1.165, 1.54) is 4.31 Å². The summed E-state index contributed by atoms with van der Waals surface area (Å²) in [6.07, 6.45) is 0. The van der Waals surface area contributed by atoms with Gasteiger partial charge in [-0.05, 0) is 65.9 Å². The Morgan fingerprint density at radius 1 is 1.07 bits per heavy atom. The van der Waals surface area contributed by atoms with Crippen LogP contribution in [0.3, 0.4) is 0 Å².